The number of thiophene rings is 1. The summed E-state index contributed by atoms with van der Waals surface area (Å²) in [6, 6.07) is 4.62. The van der Waals surface area contributed by atoms with Gasteiger partial charge in [-0.2, -0.15) is 0 Å². The number of anilines is 1. The number of aromatic nitrogens is 2. The third kappa shape index (κ3) is 3.50. The predicted molar refractivity (Wildman–Crippen MR) is 119 cm³/mol. The summed E-state index contributed by atoms with van der Waals surface area (Å²) in [5, 5.41) is 12.2. The van der Waals surface area contributed by atoms with Gasteiger partial charge in [0.05, 0.1) is 16.1 Å². The number of nitrogens with zero attached hydrogens (tertiary/aromatic N) is 4. The van der Waals surface area contributed by atoms with Gasteiger partial charge in [-0.3, -0.25) is 24.3 Å². The van der Waals surface area contributed by atoms with Crippen molar-refractivity contribution in [3.8, 4) is 0 Å². The Morgan fingerprint density at radius 3 is 2.87 bits per heavy atom. The van der Waals surface area contributed by atoms with Gasteiger partial charge in [0.1, 0.15) is 4.83 Å². The number of hydrogen-bond acceptors (Lipinski definition) is 7. The zero-order valence-electron chi connectivity index (χ0n) is 16.8. The number of aryl methyl sites for hydroxylation is 3. The minimum Gasteiger partial charge on any atom is -0.311 e. The van der Waals surface area contributed by atoms with E-state index in [0.717, 1.165) is 28.1 Å². The van der Waals surface area contributed by atoms with Crippen LogP contribution in [0.3, 0.4) is 0 Å². The topological polar surface area (TPSA) is 98.3 Å². The number of carbonyl (C=O) groups is 1. The van der Waals surface area contributed by atoms with Crippen LogP contribution in [0, 0.1) is 24.0 Å². The molecule has 0 fully saturated rings. The predicted octanol–water partition coefficient (Wildman–Crippen LogP) is 3.59. The molecule has 0 saturated carbocycles. The third-order valence-electron chi connectivity index (χ3n) is 5.39. The molecule has 1 aliphatic rings. The molecule has 0 atom stereocenters. The molecular weight excluding hydrogens is 424 g/mol. The lowest BCUT2D eigenvalue weighted by molar-refractivity contribution is -0.384. The standard InChI is InChI=1S/C20H20N4O4S2/c1-11-12(2)30-18-17(11)19(26)22(3)20(21-18)29-10-16(25)23-8-4-5-13-9-14(24(27)28)6-7-15(13)23/h6-7,9H,4-5,8,10H2,1-3H3. The average Bonchev–Trinajstić information content (AvgIpc) is 3.02. The Hall–Kier alpha value is -2.72. The molecule has 0 saturated heterocycles. The van der Waals surface area contributed by atoms with E-state index in [1.165, 1.54) is 33.7 Å². The van der Waals surface area contributed by atoms with Gasteiger partial charge in [0.15, 0.2) is 5.16 Å². The first-order valence-electron chi connectivity index (χ1n) is 9.45. The van der Waals surface area contributed by atoms with E-state index in [2.05, 4.69) is 4.98 Å². The lowest BCUT2D eigenvalue weighted by Gasteiger charge is -2.29. The molecule has 1 amide bonds. The van der Waals surface area contributed by atoms with Crippen LogP contribution in [0.1, 0.15) is 22.4 Å². The highest BCUT2D eigenvalue weighted by atomic mass is 32.2. The third-order valence-corrected chi connectivity index (χ3v) is 7.50. The molecule has 1 aliphatic heterocycles. The maximum atomic E-state index is 12.9. The molecule has 0 aliphatic carbocycles. The van der Waals surface area contributed by atoms with Crippen LogP contribution in [0.25, 0.3) is 10.2 Å². The van der Waals surface area contributed by atoms with Gasteiger partial charge in [0.2, 0.25) is 5.91 Å². The minimum atomic E-state index is -0.423. The molecule has 1 aromatic carbocycles. The lowest BCUT2D eigenvalue weighted by Crippen LogP contribution is -2.36. The van der Waals surface area contributed by atoms with Gasteiger partial charge in [-0.15, -0.1) is 11.3 Å². The quantitative estimate of drug-likeness (QED) is 0.264. The molecular formula is C20H20N4O4S2. The van der Waals surface area contributed by atoms with Crippen molar-refractivity contribution in [3.63, 3.8) is 0 Å². The van der Waals surface area contributed by atoms with Crippen molar-refractivity contribution in [1.82, 2.24) is 9.55 Å². The Kier molecular flexibility index (Phi) is 5.37. The molecule has 30 heavy (non-hydrogen) atoms. The molecule has 4 rings (SSSR count). The lowest BCUT2D eigenvalue weighted by atomic mass is 10.0. The van der Waals surface area contributed by atoms with E-state index in [0.29, 0.717) is 28.3 Å². The van der Waals surface area contributed by atoms with Gasteiger partial charge in [0.25, 0.3) is 11.2 Å². The molecule has 0 unspecified atom stereocenters. The fraction of sp³-hybridized carbons (Fsp3) is 0.350. The van der Waals surface area contributed by atoms with Crippen LogP contribution >= 0.6 is 23.1 Å². The maximum absolute atomic E-state index is 12.9. The minimum absolute atomic E-state index is 0.0338. The number of benzene rings is 1. The van der Waals surface area contributed by atoms with E-state index in [9.17, 15) is 19.7 Å². The van der Waals surface area contributed by atoms with E-state index < -0.39 is 4.92 Å². The summed E-state index contributed by atoms with van der Waals surface area (Å²) in [7, 11) is 1.67. The van der Waals surface area contributed by atoms with Crippen LogP contribution in [-0.4, -0.2) is 32.7 Å². The molecule has 3 heterocycles. The molecule has 156 valence electrons. The number of hydrogen-bond donors (Lipinski definition) is 0. The normalized spacial score (nSPS) is 13.5. The van der Waals surface area contributed by atoms with Crippen molar-refractivity contribution in [2.45, 2.75) is 31.8 Å². The van der Waals surface area contributed by atoms with Crippen LogP contribution in [0.15, 0.2) is 28.2 Å². The van der Waals surface area contributed by atoms with E-state index in [-0.39, 0.29) is 22.9 Å². The summed E-state index contributed by atoms with van der Waals surface area (Å²) in [5.41, 5.74) is 2.41. The molecule has 8 nitrogen and oxygen atoms in total. The first kappa shape index (κ1) is 20.5. The summed E-state index contributed by atoms with van der Waals surface area (Å²) < 4.78 is 1.49. The fourth-order valence-electron chi connectivity index (χ4n) is 3.65. The molecule has 0 N–H and O–H groups in total. The van der Waals surface area contributed by atoms with Gasteiger partial charge in [0, 0.05) is 36.3 Å². The van der Waals surface area contributed by atoms with Crippen molar-refractivity contribution in [3.05, 3.63) is 54.7 Å². The van der Waals surface area contributed by atoms with Gasteiger partial charge < -0.3 is 4.90 Å². The van der Waals surface area contributed by atoms with E-state index in [1.807, 2.05) is 13.8 Å². The Labute approximate surface area is 180 Å². The molecule has 0 bridgehead atoms. The number of nitro groups is 1. The zero-order chi connectivity index (χ0) is 21.6. The van der Waals surface area contributed by atoms with Gasteiger partial charge in [-0.25, -0.2) is 4.98 Å². The van der Waals surface area contributed by atoms with Crippen molar-refractivity contribution in [1.29, 1.82) is 0 Å². The highest BCUT2D eigenvalue weighted by molar-refractivity contribution is 7.99. The zero-order valence-corrected chi connectivity index (χ0v) is 18.4. The van der Waals surface area contributed by atoms with Crippen molar-refractivity contribution < 1.29 is 9.72 Å². The first-order chi connectivity index (χ1) is 14.3. The fourth-order valence-corrected chi connectivity index (χ4v) is 5.56. The van der Waals surface area contributed by atoms with E-state index in [4.69, 9.17) is 0 Å². The molecule has 0 radical (unpaired) electrons. The van der Waals surface area contributed by atoms with Crippen LogP contribution < -0.4 is 10.5 Å². The molecule has 10 heteroatoms. The molecule has 0 spiro atoms. The largest absolute Gasteiger partial charge is 0.311 e. The number of carbonyl (C=O) groups excluding carboxylic acids is 1. The summed E-state index contributed by atoms with van der Waals surface area (Å²) in [4.78, 5) is 44.3. The molecule has 3 aromatic rings. The number of nitro benzene ring substituents is 1. The van der Waals surface area contributed by atoms with Crippen LogP contribution in [0.4, 0.5) is 11.4 Å². The SMILES string of the molecule is Cc1sc2nc(SCC(=O)N3CCCc4cc([N+](=O)[O-])ccc43)n(C)c(=O)c2c1C. The second-order valence-corrected chi connectivity index (χ2v) is 9.38. The van der Waals surface area contributed by atoms with Crippen molar-refractivity contribution in [2.75, 3.05) is 17.2 Å². The van der Waals surface area contributed by atoms with Crippen LogP contribution in [0.5, 0.6) is 0 Å². The Morgan fingerprint density at radius 1 is 1.37 bits per heavy atom. The second-order valence-electron chi connectivity index (χ2n) is 7.23. The highest BCUT2D eigenvalue weighted by Gasteiger charge is 2.25. The van der Waals surface area contributed by atoms with Crippen molar-refractivity contribution >= 4 is 50.6 Å². The monoisotopic (exact) mass is 444 g/mol. The smallest absolute Gasteiger partial charge is 0.269 e. The summed E-state index contributed by atoms with van der Waals surface area (Å²) in [6.45, 7) is 4.46. The summed E-state index contributed by atoms with van der Waals surface area (Å²) >= 11 is 2.72. The second kappa shape index (κ2) is 7.84. The number of rotatable bonds is 4. The van der Waals surface area contributed by atoms with Crippen LogP contribution in [0.2, 0.25) is 0 Å². The van der Waals surface area contributed by atoms with Crippen LogP contribution in [-0.2, 0) is 18.3 Å². The first-order valence-corrected chi connectivity index (χ1v) is 11.3. The average molecular weight is 445 g/mol. The number of fused-ring (bicyclic) bond motifs is 2. The Morgan fingerprint density at radius 2 is 2.13 bits per heavy atom. The van der Waals surface area contributed by atoms with E-state index in [1.54, 1.807) is 24.1 Å². The van der Waals surface area contributed by atoms with Gasteiger partial charge in [-0.1, -0.05) is 11.8 Å². The number of thioether (sulfide) groups is 1. The Bertz CT molecular complexity index is 1250. The van der Waals surface area contributed by atoms with E-state index >= 15 is 0 Å². The van der Waals surface area contributed by atoms with Gasteiger partial charge >= 0.3 is 0 Å². The summed E-state index contributed by atoms with van der Waals surface area (Å²) in [6.07, 6.45) is 1.46. The highest BCUT2D eigenvalue weighted by Crippen LogP contribution is 2.32. The van der Waals surface area contributed by atoms with Crippen molar-refractivity contribution in [2.24, 2.45) is 7.05 Å². The molecule has 2 aromatic heterocycles. The number of amides is 1. The number of non-ortho nitro benzene ring substituents is 1. The van der Waals surface area contributed by atoms with Gasteiger partial charge in [-0.05, 0) is 43.9 Å². The summed E-state index contributed by atoms with van der Waals surface area (Å²) in [5.74, 6) is 0.0219. The maximum Gasteiger partial charge on any atom is 0.269 e. The Balaban J connectivity index is 1.57.